The van der Waals surface area contributed by atoms with Crippen LogP contribution in [0.4, 0.5) is 0 Å². The number of halogens is 1. The Morgan fingerprint density at radius 3 is 2.50 bits per heavy atom. The summed E-state index contributed by atoms with van der Waals surface area (Å²) in [5.41, 5.74) is 8.71. The van der Waals surface area contributed by atoms with Gasteiger partial charge in [0.05, 0.1) is 16.4 Å². The molecule has 2 rings (SSSR count). The second kappa shape index (κ2) is 6.04. The van der Waals surface area contributed by atoms with E-state index in [0.717, 1.165) is 29.4 Å². The molecule has 0 saturated heterocycles. The van der Waals surface area contributed by atoms with Gasteiger partial charge in [-0.25, -0.2) is 0 Å². The van der Waals surface area contributed by atoms with Gasteiger partial charge in [0.15, 0.2) is 0 Å². The molecule has 5 heteroatoms. The van der Waals surface area contributed by atoms with Crippen molar-refractivity contribution in [1.82, 2.24) is 14.7 Å². The molecule has 1 fully saturated rings. The van der Waals surface area contributed by atoms with Gasteiger partial charge in [0.25, 0.3) is 0 Å². The van der Waals surface area contributed by atoms with Crippen LogP contribution in [-0.4, -0.2) is 40.4 Å². The minimum Gasteiger partial charge on any atom is -0.326 e. The maximum atomic E-state index is 6.61. The Bertz CT molecular complexity index is 461. The molecule has 1 unspecified atom stereocenters. The second-order valence-corrected chi connectivity index (χ2v) is 6.56. The van der Waals surface area contributed by atoms with E-state index in [1.54, 1.807) is 0 Å². The van der Waals surface area contributed by atoms with Gasteiger partial charge in [0.2, 0.25) is 0 Å². The largest absolute Gasteiger partial charge is 0.326 e. The summed E-state index contributed by atoms with van der Waals surface area (Å²) in [7, 11) is 4.30. The number of aromatic nitrogens is 2. The molecule has 0 radical (unpaired) electrons. The second-order valence-electron chi connectivity index (χ2n) is 6.18. The Kier molecular flexibility index (Phi) is 4.77. The number of hydrogen-bond donors (Lipinski definition) is 1. The molecular formula is C15H27ClN4. The van der Waals surface area contributed by atoms with Crippen molar-refractivity contribution < 1.29 is 0 Å². The molecule has 0 bridgehead atoms. The zero-order valence-electron chi connectivity index (χ0n) is 13.1. The van der Waals surface area contributed by atoms with E-state index in [-0.39, 0.29) is 11.6 Å². The Labute approximate surface area is 127 Å². The van der Waals surface area contributed by atoms with Crippen LogP contribution in [0.3, 0.4) is 0 Å². The Hall–Kier alpha value is -0.580. The fourth-order valence-corrected chi connectivity index (χ4v) is 3.81. The van der Waals surface area contributed by atoms with Crippen LogP contribution in [0.2, 0.25) is 5.02 Å². The van der Waals surface area contributed by atoms with E-state index >= 15 is 0 Å². The maximum absolute atomic E-state index is 6.61. The fourth-order valence-electron chi connectivity index (χ4n) is 3.60. The van der Waals surface area contributed by atoms with Crippen LogP contribution in [0.25, 0.3) is 0 Å². The molecule has 2 N–H and O–H groups in total. The van der Waals surface area contributed by atoms with Gasteiger partial charge in [-0.05, 0) is 40.8 Å². The molecule has 0 spiro atoms. The molecule has 1 aliphatic carbocycles. The first-order valence-corrected chi connectivity index (χ1v) is 7.95. The van der Waals surface area contributed by atoms with Crippen molar-refractivity contribution in [2.75, 3.05) is 14.1 Å². The van der Waals surface area contributed by atoms with Crippen molar-refractivity contribution in [1.29, 1.82) is 0 Å². The van der Waals surface area contributed by atoms with Crippen molar-refractivity contribution in [2.45, 2.75) is 64.1 Å². The highest BCUT2D eigenvalue weighted by Crippen LogP contribution is 2.37. The van der Waals surface area contributed by atoms with Crippen LogP contribution >= 0.6 is 11.6 Å². The molecule has 4 nitrogen and oxygen atoms in total. The molecule has 0 amide bonds. The third-order valence-electron chi connectivity index (χ3n) is 4.92. The third kappa shape index (κ3) is 2.61. The Morgan fingerprint density at radius 2 is 2.00 bits per heavy atom. The quantitative estimate of drug-likeness (QED) is 0.909. The van der Waals surface area contributed by atoms with Crippen LogP contribution in [0.1, 0.15) is 44.0 Å². The van der Waals surface area contributed by atoms with Crippen molar-refractivity contribution in [3.63, 3.8) is 0 Å². The molecular weight excluding hydrogens is 272 g/mol. The van der Waals surface area contributed by atoms with Gasteiger partial charge >= 0.3 is 0 Å². The third-order valence-corrected chi connectivity index (χ3v) is 5.41. The van der Waals surface area contributed by atoms with Gasteiger partial charge in [-0.2, -0.15) is 5.10 Å². The van der Waals surface area contributed by atoms with Gasteiger partial charge in [0, 0.05) is 24.5 Å². The van der Waals surface area contributed by atoms with Crippen molar-refractivity contribution >= 4 is 11.6 Å². The van der Waals surface area contributed by atoms with Gasteiger partial charge in [-0.1, -0.05) is 24.4 Å². The van der Waals surface area contributed by atoms with E-state index in [4.69, 9.17) is 17.3 Å². The Balaban J connectivity index is 2.25. The van der Waals surface area contributed by atoms with Crippen molar-refractivity contribution in [3.8, 4) is 0 Å². The van der Waals surface area contributed by atoms with Gasteiger partial charge in [-0.15, -0.1) is 0 Å². The smallest absolute Gasteiger partial charge is 0.0847 e. The maximum Gasteiger partial charge on any atom is 0.0847 e. The Morgan fingerprint density at radius 1 is 1.40 bits per heavy atom. The fraction of sp³-hybridized carbons (Fsp3) is 0.800. The number of nitrogens with zero attached hydrogens (tertiary/aromatic N) is 3. The predicted molar refractivity (Wildman–Crippen MR) is 84.2 cm³/mol. The summed E-state index contributed by atoms with van der Waals surface area (Å²) in [5.74, 6) is 0. The molecule has 0 aliphatic heterocycles. The van der Waals surface area contributed by atoms with Gasteiger partial charge < -0.3 is 10.6 Å². The SMILES string of the molecule is CCn1nc(C)c(Cl)c1CC(N)C1(N(C)C)CCCC1. The first kappa shape index (κ1) is 15.8. The average Bonchev–Trinajstić information content (AvgIpc) is 3.00. The summed E-state index contributed by atoms with van der Waals surface area (Å²) in [6.07, 6.45) is 5.69. The van der Waals surface area contributed by atoms with Crippen molar-refractivity contribution in [2.24, 2.45) is 5.73 Å². The lowest BCUT2D eigenvalue weighted by molar-refractivity contribution is 0.122. The zero-order chi connectivity index (χ0) is 14.9. The molecule has 20 heavy (non-hydrogen) atoms. The van der Waals surface area contributed by atoms with Crippen molar-refractivity contribution in [3.05, 3.63) is 16.4 Å². The first-order valence-electron chi connectivity index (χ1n) is 7.57. The minimum atomic E-state index is 0.0962. The summed E-state index contributed by atoms with van der Waals surface area (Å²) in [4.78, 5) is 2.32. The number of nitrogens with two attached hydrogens (primary N) is 1. The zero-order valence-corrected chi connectivity index (χ0v) is 13.9. The lowest BCUT2D eigenvalue weighted by Crippen LogP contribution is -2.56. The molecule has 1 atom stereocenters. The number of likely N-dealkylation sites (N-methyl/N-ethyl adjacent to an activating group) is 1. The van der Waals surface area contributed by atoms with Gasteiger partial charge in [-0.3, -0.25) is 4.68 Å². The summed E-state index contributed by atoms with van der Waals surface area (Å²) in [5, 5.41) is 5.28. The van der Waals surface area contributed by atoms with Crippen LogP contribution in [0.5, 0.6) is 0 Å². The van der Waals surface area contributed by atoms with Gasteiger partial charge in [0.1, 0.15) is 0 Å². The van der Waals surface area contributed by atoms with E-state index in [2.05, 4.69) is 31.0 Å². The minimum absolute atomic E-state index is 0.0962. The van der Waals surface area contributed by atoms with E-state index in [1.165, 1.54) is 25.7 Å². The molecule has 1 aromatic rings. The number of rotatable bonds is 5. The molecule has 1 aliphatic rings. The summed E-state index contributed by atoms with van der Waals surface area (Å²) in [6, 6.07) is 0.0962. The standard InChI is InChI=1S/C15H27ClN4/c1-5-20-12(14(16)11(2)18-20)10-13(17)15(19(3)4)8-6-7-9-15/h13H,5-10,17H2,1-4H3. The first-order chi connectivity index (χ1) is 9.42. The summed E-state index contributed by atoms with van der Waals surface area (Å²) < 4.78 is 2.00. The van der Waals surface area contributed by atoms with E-state index in [0.29, 0.717) is 0 Å². The number of hydrogen-bond acceptors (Lipinski definition) is 3. The predicted octanol–water partition coefficient (Wildman–Crippen LogP) is 2.61. The highest BCUT2D eigenvalue weighted by molar-refractivity contribution is 6.31. The summed E-state index contributed by atoms with van der Waals surface area (Å²) in [6.45, 7) is 4.89. The molecule has 1 heterocycles. The average molecular weight is 299 g/mol. The summed E-state index contributed by atoms with van der Waals surface area (Å²) >= 11 is 6.42. The highest BCUT2D eigenvalue weighted by Gasteiger charge is 2.41. The monoisotopic (exact) mass is 298 g/mol. The molecule has 1 aromatic heterocycles. The molecule has 114 valence electrons. The van der Waals surface area contributed by atoms with Crippen LogP contribution < -0.4 is 5.73 Å². The van der Waals surface area contributed by atoms with Crippen LogP contribution in [-0.2, 0) is 13.0 Å². The van der Waals surface area contributed by atoms with Crippen LogP contribution in [0, 0.1) is 6.92 Å². The van der Waals surface area contributed by atoms with E-state index in [1.807, 2.05) is 11.6 Å². The lowest BCUT2D eigenvalue weighted by Gasteiger charge is -2.41. The van der Waals surface area contributed by atoms with E-state index in [9.17, 15) is 0 Å². The van der Waals surface area contributed by atoms with Crippen LogP contribution in [0.15, 0.2) is 0 Å². The number of aryl methyl sites for hydroxylation is 2. The van der Waals surface area contributed by atoms with E-state index < -0.39 is 0 Å². The highest BCUT2D eigenvalue weighted by atomic mass is 35.5. The molecule has 0 aromatic carbocycles. The topological polar surface area (TPSA) is 47.1 Å². The molecule has 1 saturated carbocycles. The lowest BCUT2D eigenvalue weighted by atomic mass is 9.84. The normalized spacial score (nSPS) is 19.8.